The summed E-state index contributed by atoms with van der Waals surface area (Å²) in [5.74, 6) is -8.20. The highest BCUT2D eigenvalue weighted by Crippen LogP contribution is 2.31. The van der Waals surface area contributed by atoms with Gasteiger partial charge < -0.3 is 29.9 Å². The maximum Gasteiger partial charge on any atom is 0.416 e. The molecule has 0 spiro atoms. The summed E-state index contributed by atoms with van der Waals surface area (Å²) < 4.78 is 46.4. The van der Waals surface area contributed by atoms with Gasteiger partial charge in [-0.25, -0.2) is 9.59 Å². The van der Waals surface area contributed by atoms with E-state index in [1.165, 1.54) is 0 Å². The van der Waals surface area contributed by atoms with Crippen molar-refractivity contribution in [2.24, 2.45) is 0 Å². The third-order valence-electron chi connectivity index (χ3n) is 3.26. The van der Waals surface area contributed by atoms with E-state index in [-0.39, 0.29) is 0 Å². The van der Waals surface area contributed by atoms with Crippen LogP contribution in [0.25, 0.3) is 0 Å². The van der Waals surface area contributed by atoms with Crippen LogP contribution in [0.2, 0.25) is 0 Å². The molecule has 0 amide bonds. The Balaban J connectivity index is 2.21. The molecule has 2 atom stereocenters. The number of hydrogen-bond donors (Lipinski definition) is 4. The summed E-state index contributed by atoms with van der Waals surface area (Å²) in [6.07, 6.45) is -6.73. The van der Waals surface area contributed by atoms with Crippen LogP contribution >= 0.6 is 0 Å². The molecule has 8 nitrogen and oxygen atoms in total. The smallest absolute Gasteiger partial charge is 0.416 e. The molecule has 0 saturated heterocycles. The second-order valence-electron chi connectivity index (χ2n) is 4.99. The maximum absolute atomic E-state index is 12.5. The fraction of sp³-hybridized carbons (Fsp3) is 0.286. The minimum absolute atomic E-state index is 0.420. The quantitative estimate of drug-likeness (QED) is 0.455. The van der Waals surface area contributed by atoms with Crippen molar-refractivity contribution in [1.82, 2.24) is 0 Å². The minimum Gasteiger partial charge on any atom is -0.505 e. The van der Waals surface area contributed by atoms with Crippen molar-refractivity contribution >= 4 is 11.9 Å². The molecule has 0 aliphatic carbocycles. The molecule has 0 aromatic heterocycles. The number of esters is 2. The number of cyclic esters (lactones) is 1. The summed E-state index contributed by atoms with van der Waals surface area (Å²) >= 11 is 0. The van der Waals surface area contributed by atoms with Gasteiger partial charge in [-0.2, -0.15) is 13.2 Å². The molecule has 2 rings (SSSR count). The molecule has 25 heavy (non-hydrogen) atoms. The number of hydrogen-bond acceptors (Lipinski definition) is 8. The van der Waals surface area contributed by atoms with Crippen molar-refractivity contribution in [3.8, 4) is 0 Å². The van der Waals surface area contributed by atoms with Crippen molar-refractivity contribution < 1.29 is 52.7 Å². The second kappa shape index (κ2) is 6.26. The van der Waals surface area contributed by atoms with Crippen LogP contribution in [0.15, 0.2) is 35.8 Å². The molecule has 1 aromatic rings. The number of rotatable bonds is 4. The van der Waals surface area contributed by atoms with Gasteiger partial charge in [0, 0.05) is 0 Å². The number of halogens is 3. The Morgan fingerprint density at radius 3 is 2.16 bits per heavy atom. The highest BCUT2D eigenvalue weighted by molar-refractivity contribution is 5.91. The molecule has 4 N–H and O–H groups in total. The van der Waals surface area contributed by atoms with E-state index in [1.54, 1.807) is 0 Å². The van der Waals surface area contributed by atoms with Crippen LogP contribution in [0.5, 0.6) is 0 Å². The Bertz CT molecular complexity index is 725. The van der Waals surface area contributed by atoms with E-state index in [4.69, 9.17) is 5.11 Å². The molecule has 1 aliphatic rings. The largest absolute Gasteiger partial charge is 0.505 e. The topological polar surface area (TPSA) is 134 Å². The van der Waals surface area contributed by atoms with E-state index in [0.29, 0.717) is 12.1 Å². The Labute approximate surface area is 137 Å². The fourth-order valence-electron chi connectivity index (χ4n) is 1.94. The summed E-state index contributed by atoms with van der Waals surface area (Å²) in [6, 6.07) is 2.70. The van der Waals surface area contributed by atoms with Gasteiger partial charge in [0.2, 0.25) is 11.9 Å². The van der Waals surface area contributed by atoms with Gasteiger partial charge in [-0.1, -0.05) is 0 Å². The summed E-state index contributed by atoms with van der Waals surface area (Å²) in [4.78, 5) is 23.0. The van der Waals surface area contributed by atoms with E-state index in [9.17, 15) is 38.1 Å². The molecule has 1 aliphatic heterocycles. The molecule has 1 aromatic carbocycles. The number of carbonyl (C=O) groups excluding carboxylic acids is 2. The molecule has 0 saturated carbocycles. The number of carbonyl (C=O) groups is 2. The normalized spacial score (nSPS) is 20.2. The van der Waals surface area contributed by atoms with Gasteiger partial charge in [0.15, 0.2) is 5.76 Å². The van der Waals surface area contributed by atoms with Gasteiger partial charge in [-0.3, -0.25) is 0 Å². The average molecular weight is 364 g/mol. The molecule has 0 fully saturated rings. The first-order chi connectivity index (χ1) is 11.5. The van der Waals surface area contributed by atoms with Gasteiger partial charge in [0.1, 0.15) is 6.61 Å². The van der Waals surface area contributed by atoms with Crippen LogP contribution in [0.1, 0.15) is 15.9 Å². The molecule has 11 heteroatoms. The Morgan fingerprint density at radius 1 is 1.20 bits per heavy atom. The lowest BCUT2D eigenvalue weighted by Crippen LogP contribution is -2.50. The molecule has 0 radical (unpaired) electrons. The van der Waals surface area contributed by atoms with Crippen LogP contribution in [0.4, 0.5) is 13.2 Å². The van der Waals surface area contributed by atoms with E-state index in [1.807, 2.05) is 0 Å². The Hall–Kier alpha value is -2.79. The summed E-state index contributed by atoms with van der Waals surface area (Å²) in [7, 11) is 0. The average Bonchev–Trinajstić information content (AvgIpc) is 2.82. The molecular formula is C14H11F3O8. The summed E-state index contributed by atoms with van der Waals surface area (Å²) in [5.41, 5.74) is -1.45. The third kappa shape index (κ3) is 3.51. The Kier molecular flexibility index (Phi) is 4.64. The zero-order valence-electron chi connectivity index (χ0n) is 12.1. The SMILES string of the molecule is O=C1O[C@H]([C@@](O)(CO)OC(=O)c2ccc(C(F)(F)F)cc2)C(O)=C1O. The van der Waals surface area contributed by atoms with Gasteiger partial charge in [0.05, 0.1) is 11.1 Å². The van der Waals surface area contributed by atoms with Gasteiger partial charge in [-0.05, 0) is 24.3 Å². The summed E-state index contributed by atoms with van der Waals surface area (Å²) in [6.45, 7) is -1.35. The first-order valence-corrected chi connectivity index (χ1v) is 6.56. The van der Waals surface area contributed by atoms with Gasteiger partial charge in [-0.15, -0.1) is 0 Å². The highest BCUT2D eigenvalue weighted by atomic mass is 19.4. The van der Waals surface area contributed by atoms with Crippen molar-refractivity contribution in [3.05, 3.63) is 46.9 Å². The lowest BCUT2D eigenvalue weighted by atomic mass is 10.1. The predicted octanol–water partition coefficient (Wildman–Crippen LogP) is 0.796. The highest BCUT2D eigenvalue weighted by Gasteiger charge is 2.52. The van der Waals surface area contributed by atoms with Crippen molar-refractivity contribution in [1.29, 1.82) is 0 Å². The second-order valence-corrected chi connectivity index (χ2v) is 4.99. The summed E-state index contributed by atoms with van der Waals surface area (Å²) in [5, 5.41) is 38.0. The predicted molar refractivity (Wildman–Crippen MR) is 71.1 cm³/mol. The lowest BCUT2D eigenvalue weighted by Gasteiger charge is -2.29. The maximum atomic E-state index is 12.5. The molecule has 136 valence electrons. The third-order valence-corrected chi connectivity index (χ3v) is 3.26. The van der Waals surface area contributed by atoms with Crippen molar-refractivity contribution in [2.45, 2.75) is 18.1 Å². The first kappa shape index (κ1) is 18.5. The zero-order valence-corrected chi connectivity index (χ0v) is 12.1. The van der Waals surface area contributed by atoms with Crippen LogP contribution in [0.3, 0.4) is 0 Å². The Morgan fingerprint density at radius 2 is 1.76 bits per heavy atom. The van der Waals surface area contributed by atoms with Gasteiger partial charge in [0.25, 0.3) is 5.79 Å². The van der Waals surface area contributed by atoms with E-state index >= 15 is 0 Å². The van der Waals surface area contributed by atoms with Crippen LogP contribution < -0.4 is 0 Å². The molecule has 1 heterocycles. The number of benzene rings is 1. The fourth-order valence-corrected chi connectivity index (χ4v) is 1.94. The molecular weight excluding hydrogens is 353 g/mol. The standard InChI is InChI=1S/C14H11F3O8/c15-14(16,17)7-3-1-6(2-4-7)11(21)25-13(23,5-18)10-8(19)9(20)12(22)24-10/h1-4,10,18-20,23H,5H2/t10-,13+/m0/s1. The molecule has 0 unspecified atom stereocenters. The van der Waals surface area contributed by atoms with E-state index < -0.39 is 59.3 Å². The van der Waals surface area contributed by atoms with E-state index in [0.717, 1.165) is 12.1 Å². The van der Waals surface area contributed by atoms with Gasteiger partial charge >= 0.3 is 18.1 Å². The van der Waals surface area contributed by atoms with E-state index in [2.05, 4.69) is 9.47 Å². The monoisotopic (exact) mass is 364 g/mol. The lowest BCUT2D eigenvalue weighted by molar-refractivity contribution is -0.241. The number of aliphatic hydroxyl groups is 4. The first-order valence-electron chi connectivity index (χ1n) is 6.56. The minimum atomic E-state index is -4.62. The van der Waals surface area contributed by atoms with Crippen LogP contribution in [-0.4, -0.2) is 50.9 Å². The van der Waals surface area contributed by atoms with Crippen LogP contribution in [-0.2, 0) is 20.4 Å². The van der Waals surface area contributed by atoms with Crippen molar-refractivity contribution in [3.63, 3.8) is 0 Å². The van der Waals surface area contributed by atoms with Crippen molar-refractivity contribution in [2.75, 3.05) is 6.61 Å². The number of aliphatic hydroxyl groups excluding tert-OH is 3. The number of ether oxygens (including phenoxy) is 2. The number of alkyl halides is 3. The molecule has 0 bridgehead atoms. The van der Waals surface area contributed by atoms with Crippen LogP contribution in [0, 0.1) is 0 Å². The zero-order chi connectivity index (χ0) is 19.0.